The summed E-state index contributed by atoms with van der Waals surface area (Å²) in [6.07, 6.45) is 1.26. The number of nitrogens with one attached hydrogen (secondary N) is 1. The van der Waals surface area contributed by atoms with Gasteiger partial charge in [0.15, 0.2) is 5.78 Å². The van der Waals surface area contributed by atoms with Gasteiger partial charge in [-0.3, -0.25) is 14.5 Å². The van der Waals surface area contributed by atoms with Crippen LogP contribution < -0.4 is 10.2 Å². The molecule has 2 heterocycles. The van der Waals surface area contributed by atoms with Crippen LogP contribution in [0.4, 0.5) is 20.2 Å². The van der Waals surface area contributed by atoms with Crippen molar-refractivity contribution in [1.82, 2.24) is 9.80 Å². The van der Waals surface area contributed by atoms with E-state index in [9.17, 15) is 18.4 Å². The van der Waals surface area contributed by atoms with Crippen molar-refractivity contribution >= 4 is 23.1 Å². The number of para-hydroxylation sites is 2. The second kappa shape index (κ2) is 11.6. The zero-order valence-electron chi connectivity index (χ0n) is 24.9. The summed E-state index contributed by atoms with van der Waals surface area (Å²) < 4.78 is 27.5. The van der Waals surface area contributed by atoms with Crippen LogP contribution in [0.5, 0.6) is 0 Å². The molecule has 1 amide bonds. The first-order chi connectivity index (χ1) is 20.6. The van der Waals surface area contributed by atoms with Crippen molar-refractivity contribution in [3.05, 3.63) is 107 Å². The van der Waals surface area contributed by atoms with Gasteiger partial charge in [0.05, 0.1) is 30.0 Å². The van der Waals surface area contributed by atoms with Crippen LogP contribution in [0, 0.1) is 17.0 Å². The van der Waals surface area contributed by atoms with E-state index in [1.165, 1.54) is 24.3 Å². The number of anilines is 2. The van der Waals surface area contributed by atoms with E-state index in [0.29, 0.717) is 32.6 Å². The number of ketones is 1. The number of carbonyl (C=O) groups excluding carboxylic acids is 2. The Hall–Kier alpha value is -4.04. The predicted octanol–water partition coefficient (Wildman–Crippen LogP) is 6.16. The molecule has 1 atom stereocenters. The average molecular weight is 585 g/mol. The van der Waals surface area contributed by atoms with E-state index in [-0.39, 0.29) is 47.4 Å². The number of halogens is 2. The van der Waals surface area contributed by atoms with Gasteiger partial charge in [0.1, 0.15) is 11.6 Å². The minimum atomic E-state index is -0.307. The molecule has 0 spiro atoms. The average Bonchev–Trinajstić information content (AvgIpc) is 3.08. The summed E-state index contributed by atoms with van der Waals surface area (Å²) in [6.45, 7) is 8.71. The van der Waals surface area contributed by atoms with E-state index in [1.54, 1.807) is 24.3 Å². The molecule has 8 heteroatoms. The SMILES string of the molecule is CC1C2=C(CC(C)(C)CC2=O)Nc2ccccc2N1CC(=O)N1CCN(C(c2ccc(F)cc2)c2ccc(F)cc2)CC1. The van der Waals surface area contributed by atoms with Gasteiger partial charge in [0, 0.05) is 43.9 Å². The van der Waals surface area contributed by atoms with Crippen molar-refractivity contribution in [2.24, 2.45) is 5.41 Å². The molecule has 3 aromatic carbocycles. The van der Waals surface area contributed by atoms with Crippen LogP contribution in [0.1, 0.15) is 50.8 Å². The minimum Gasteiger partial charge on any atom is -0.357 e. The van der Waals surface area contributed by atoms with Crippen molar-refractivity contribution < 1.29 is 18.4 Å². The topological polar surface area (TPSA) is 55.9 Å². The summed E-state index contributed by atoms with van der Waals surface area (Å²) in [6, 6.07) is 20.4. The smallest absolute Gasteiger partial charge is 0.242 e. The van der Waals surface area contributed by atoms with Gasteiger partial charge in [-0.25, -0.2) is 8.78 Å². The number of amides is 1. The molecule has 6 nitrogen and oxygen atoms in total. The molecular weight excluding hydrogens is 546 g/mol. The van der Waals surface area contributed by atoms with Crippen LogP contribution in [-0.2, 0) is 9.59 Å². The largest absolute Gasteiger partial charge is 0.357 e. The number of hydrogen-bond donors (Lipinski definition) is 1. The molecule has 0 radical (unpaired) electrons. The molecule has 1 N–H and O–H groups in total. The number of piperazine rings is 1. The number of benzene rings is 3. The van der Waals surface area contributed by atoms with Crippen molar-refractivity contribution in [3.63, 3.8) is 0 Å². The van der Waals surface area contributed by atoms with Gasteiger partial charge in [-0.1, -0.05) is 50.2 Å². The molecule has 0 bridgehead atoms. The fraction of sp³-hybridized carbons (Fsp3) is 0.371. The fourth-order valence-corrected chi connectivity index (χ4v) is 6.89. The standard InChI is InChI=1S/C35H38F2N4O2/c1-23-33-29(20-35(2,3)21-31(33)42)38-28-6-4-5-7-30(28)41(23)22-32(43)39-16-18-40(19-17-39)34(24-8-12-26(36)13-9-24)25-10-14-27(37)15-11-25/h4-15,23,34,38H,16-22H2,1-3H3. The summed E-state index contributed by atoms with van der Waals surface area (Å²) in [5, 5.41) is 3.56. The molecular formula is C35H38F2N4O2. The van der Waals surface area contributed by atoms with Crippen LogP contribution in [0.3, 0.4) is 0 Å². The number of hydrogen-bond acceptors (Lipinski definition) is 5. The number of fused-ring (bicyclic) bond motifs is 1. The highest BCUT2D eigenvalue weighted by Gasteiger charge is 2.40. The molecule has 1 fully saturated rings. The molecule has 43 heavy (non-hydrogen) atoms. The van der Waals surface area contributed by atoms with E-state index in [0.717, 1.165) is 40.2 Å². The summed E-state index contributed by atoms with van der Waals surface area (Å²) in [4.78, 5) is 33.4. The maximum Gasteiger partial charge on any atom is 0.242 e. The summed E-state index contributed by atoms with van der Waals surface area (Å²) >= 11 is 0. The van der Waals surface area contributed by atoms with Crippen molar-refractivity contribution in [1.29, 1.82) is 0 Å². The van der Waals surface area contributed by atoms with Gasteiger partial charge in [-0.15, -0.1) is 0 Å². The van der Waals surface area contributed by atoms with Crippen LogP contribution in [0.25, 0.3) is 0 Å². The highest BCUT2D eigenvalue weighted by Crippen LogP contribution is 2.43. The Balaban J connectivity index is 1.21. The molecule has 6 rings (SSSR count). The van der Waals surface area contributed by atoms with Crippen LogP contribution >= 0.6 is 0 Å². The second-order valence-electron chi connectivity index (χ2n) is 12.7. The molecule has 0 aromatic heterocycles. The van der Waals surface area contributed by atoms with Gasteiger partial charge < -0.3 is 15.1 Å². The lowest BCUT2D eigenvalue weighted by Crippen LogP contribution is -2.53. The quantitative estimate of drug-likeness (QED) is 0.389. The molecule has 224 valence electrons. The third-order valence-electron chi connectivity index (χ3n) is 9.01. The normalized spacial score (nSPS) is 20.4. The summed E-state index contributed by atoms with van der Waals surface area (Å²) in [7, 11) is 0. The Morgan fingerprint density at radius 2 is 1.47 bits per heavy atom. The lowest BCUT2D eigenvalue weighted by atomic mass is 9.74. The molecule has 1 aliphatic carbocycles. The minimum absolute atomic E-state index is 0.00838. The van der Waals surface area contributed by atoms with E-state index in [4.69, 9.17) is 0 Å². The van der Waals surface area contributed by atoms with Crippen LogP contribution in [0.2, 0.25) is 0 Å². The Kier molecular flexibility index (Phi) is 7.81. The van der Waals surface area contributed by atoms with Crippen molar-refractivity contribution in [2.45, 2.75) is 45.7 Å². The molecule has 1 saturated heterocycles. The molecule has 2 aliphatic heterocycles. The predicted molar refractivity (Wildman–Crippen MR) is 165 cm³/mol. The van der Waals surface area contributed by atoms with Gasteiger partial charge in [-0.05, 0) is 66.3 Å². The van der Waals surface area contributed by atoms with E-state index in [2.05, 4.69) is 29.0 Å². The summed E-state index contributed by atoms with van der Waals surface area (Å²) in [5.41, 5.74) is 5.26. The number of allylic oxidation sites excluding steroid dienone is 1. The number of Topliss-reactive ketones (excluding diaryl/α,β-unsaturated/α-hetero) is 1. The van der Waals surface area contributed by atoms with E-state index in [1.807, 2.05) is 36.1 Å². The third-order valence-corrected chi connectivity index (χ3v) is 9.01. The number of nitrogens with zero attached hydrogens (tertiary/aromatic N) is 3. The monoisotopic (exact) mass is 584 g/mol. The summed E-state index contributed by atoms with van der Waals surface area (Å²) in [5.74, 6) is -0.470. The van der Waals surface area contributed by atoms with Gasteiger partial charge >= 0.3 is 0 Å². The number of carbonyl (C=O) groups is 2. The number of rotatable bonds is 5. The zero-order chi connectivity index (χ0) is 30.3. The maximum atomic E-state index is 13.8. The third kappa shape index (κ3) is 5.93. The molecule has 3 aromatic rings. The maximum absolute atomic E-state index is 13.8. The van der Waals surface area contributed by atoms with Gasteiger partial charge in [0.25, 0.3) is 0 Å². The van der Waals surface area contributed by atoms with Crippen molar-refractivity contribution in [3.8, 4) is 0 Å². The lowest BCUT2D eigenvalue weighted by molar-refractivity contribution is -0.131. The highest BCUT2D eigenvalue weighted by molar-refractivity contribution is 6.01. The van der Waals surface area contributed by atoms with E-state index < -0.39 is 0 Å². The van der Waals surface area contributed by atoms with Crippen LogP contribution in [-0.4, -0.2) is 60.3 Å². The Bertz CT molecular complexity index is 1500. The highest BCUT2D eigenvalue weighted by atomic mass is 19.1. The van der Waals surface area contributed by atoms with Crippen LogP contribution in [0.15, 0.2) is 84.1 Å². The Morgan fingerprint density at radius 3 is 2.07 bits per heavy atom. The molecule has 3 aliphatic rings. The molecule has 1 unspecified atom stereocenters. The molecule has 0 saturated carbocycles. The van der Waals surface area contributed by atoms with Gasteiger partial charge in [0.2, 0.25) is 5.91 Å². The Labute approximate surface area is 252 Å². The zero-order valence-corrected chi connectivity index (χ0v) is 24.9. The van der Waals surface area contributed by atoms with E-state index >= 15 is 0 Å². The first kappa shape index (κ1) is 29.1. The lowest BCUT2D eigenvalue weighted by Gasteiger charge is -2.41. The Morgan fingerprint density at radius 1 is 0.884 bits per heavy atom. The first-order valence-corrected chi connectivity index (χ1v) is 15.0. The van der Waals surface area contributed by atoms with Crippen molar-refractivity contribution in [2.75, 3.05) is 42.9 Å². The second-order valence-corrected chi connectivity index (χ2v) is 12.7. The fourth-order valence-electron chi connectivity index (χ4n) is 6.89. The van der Waals surface area contributed by atoms with Gasteiger partial charge in [-0.2, -0.15) is 0 Å². The first-order valence-electron chi connectivity index (χ1n) is 15.0.